The lowest BCUT2D eigenvalue weighted by atomic mass is 10.0. The lowest BCUT2D eigenvalue weighted by Crippen LogP contribution is -2.06. The van der Waals surface area contributed by atoms with Crippen LogP contribution in [0.5, 0.6) is 0 Å². The number of aryl methyl sites for hydroxylation is 1. The van der Waals surface area contributed by atoms with Crippen molar-refractivity contribution in [2.45, 2.75) is 24.3 Å². The third-order valence-electron chi connectivity index (χ3n) is 3.77. The van der Waals surface area contributed by atoms with Gasteiger partial charge in [0.15, 0.2) is 5.16 Å². The van der Waals surface area contributed by atoms with Crippen molar-refractivity contribution in [1.29, 1.82) is 5.26 Å². The second-order valence-electron chi connectivity index (χ2n) is 5.77. The van der Waals surface area contributed by atoms with Crippen molar-refractivity contribution in [3.63, 3.8) is 0 Å². The maximum Gasteiger partial charge on any atom is 0.190 e. The maximum absolute atomic E-state index is 9.41. The van der Waals surface area contributed by atoms with Crippen LogP contribution in [0.1, 0.15) is 27.9 Å². The number of anilines is 1. The SMILES string of the molecule is Cc1cccc(Cc2nc(SCc3ccccc3)nc(N)c2C#N)c1. The first kappa shape index (κ1) is 17.0. The molecule has 0 radical (unpaired) electrons. The third kappa shape index (κ3) is 4.37. The molecule has 0 atom stereocenters. The van der Waals surface area contributed by atoms with E-state index in [4.69, 9.17) is 5.73 Å². The van der Waals surface area contributed by atoms with Crippen molar-refractivity contribution in [2.75, 3.05) is 5.73 Å². The van der Waals surface area contributed by atoms with Gasteiger partial charge in [-0.3, -0.25) is 0 Å². The molecule has 2 N–H and O–H groups in total. The first-order chi connectivity index (χ1) is 12.2. The van der Waals surface area contributed by atoms with Crippen LogP contribution in [0.15, 0.2) is 59.8 Å². The molecular formula is C20H18N4S. The van der Waals surface area contributed by atoms with E-state index in [9.17, 15) is 5.26 Å². The summed E-state index contributed by atoms with van der Waals surface area (Å²) in [5.41, 5.74) is 10.5. The van der Waals surface area contributed by atoms with Gasteiger partial charge in [-0.15, -0.1) is 0 Å². The number of benzene rings is 2. The van der Waals surface area contributed by atoms with E-state index >= 15 is 0 Å². The molecule has 4 nitrogen and oxygen atoms in total. The highest BCUT2D eigenvalue weighted by Crippen LogP contribution is 2.24. The normalized spacial score (nSPS) is 10.4. The van der Waals surface area contributed by atoms with E-state index in [0.717, 1.165) is 11.3 Å². The number of nitrogens with zero attached hydrogens (tertiary/aromatic N) is 3. The first-order valence-electron chi connectivity index (χ1n) is 7.94. The minimum Gasteiger partial charge on any atom is -0.382 e. The van der Waals surface area contributed by atoms with Crippen molar-refractivity contribution in [1.82, 2.24) is 9.97 Å². The molecule has 124 valence electrons. The average Bonchev–Trinajstić information content (AvgIpc) is 2.61. The summed E-state index contributed by atoms with van der Waals surface area (Å²) < 4.78 is 0. The quantitative estimate of drug-likeness (QED) is 0.555. The van der Waals surface area contributed by atoms with Gasteiger partial charge in [-0.1, -0.05) is 71.9 Å². The molecule has 0 unspecified atom stereocenters. The largest absolute Gasteiger partial charge is 0.382 e. The second-order valence-corrected chi connectivity index (χ2v) is 6.71. The fourth-order valence-electron chi connectivity index (χ4n) is 2.55. The van der Waals surface area contributed by atoms with Crippen LogP contribution in [-0.2, 0) is 12.2 Å². The van der Waals surface area contributed by atoms with Gasteiger partial charge < -0.3 is 5.73 Å². The number of nitrogens with two attached hydrogens (primary N) is 1. The van der Waals surface area contributed by atoms with Crippen LogP contribution >= 0.6 is 11.8 Å². The number of thioether (sulfide) groups is 1. The zero-order valence-corrected chi connectivity index (χ0v) is 14.8. The molecule has 0 spiro atoms. The molecule has 0 aliphatic rings. The monoisotopic (exact) mass is 346 g/mol. The minimum absolute atomic E-state index is 0.246. The Bertz CT molecular complexity index is 917. The zero-order chi connectivity index (χ0) is 17.6. The molecule has 1 heterocycles. The third-order valence-corrected chi connectivity index (χ3v) is 4.69. The van der Waals surface area contributed by atoms with Crippen molar-refractivity contribution in [3.8, 4) is 6.07 Å². The van der Waals surface area contributed by atoms with E-state index in [1.165, 1.54) is 22.9 Å². The Labute approximate surface area is 151 Å². The molecule has 0 aliphatic heterocycles. The van der Waals surface area contributed by atoms with Gasteiger partial charge in [-0.2, -0.15) is 5.26 Å². The molecule has 3 rings (SSSR count). The molecule has 0 bridgehead atoms. The van der Waals surface area contributed by atoms with Crippen LogP contribution in [0.3, 0.4) is 0 Å². The summed E-state index contributed by atoms with van der Waals surface area (Å²) in [6.07, 6.45) is 0.566. The van der Waals surface area contributed by atoms with Gasteiger partial charge in [0.1, 0.15) is 17.5 Å². The van der Waals surface area contributed by atoms with Crippen LogP contribution in [0.25, 0.3) is 0 Å². The topological polar surface area (TPSA) is 75.6 Å². The van der Waals surface area contributed by atoms with Gasteiger partial charge in [0, 0.05) is 12.2 Å². The predicted octanol–water partition coefficient (Wildman–Crippen LogP) is 4.12. The summed E-state index contributed by atoms with van der Waals surface area (Å²) in [6, 6.07) is 20.4. The zero-order valence-electron chi connectivity index (χ0n) is 13.9. The fourth-order valence-corrected chi connectivity index (χ4v) is 3.38. The Morgan fingerprint density at radius 1 is 1.04 bits per heavy atom. The van der Waals surface area contributed by atoms with Gasteiger partial charge >= 0.3 is 0 Å². The Morgan fingerprint density at radius 2 is 1.80 bits per heavy atom. The van der Waals surface area contributed by atoms with Crippen LogP contribution in [-0.4, -0.2) is 9.97 Å². The lowest BCUT2D eigenvalue weighted by molar-refractivity contribution is 0.901. The van der Waals surface area contributed by atoms with E-state index in [-0.39, 0.29) is 5.82 Å². The molecule has 0 fully saturated rings. The molecule has 0 saturated heterocycles. The Balaban J connectivity index is 1.86. The van der Waals surface area contributed by atoms with Gasteiger partial charge in [0.25, 0.3) is 0 Å². The molecule has 3 aromatic rings. The van der Waals surface area contributed by atoms with Gasteiger partial charge in [-0.25, -0.2) is 9.97 Å². The Morgan fingerprint density at radius 3 is 2.52 bits per heavy atom. The molecule has 2 aromatic carbocycles. The average molecular weight is 346 g/mol. The number of hydrogen-bond donors (Lipinski definition) is 1. The molecule has 5 heteroatoms. The first-order valence-corrected chi connectivity index (χ1v) is 8.93. The highest BCUT2D eigenvalue weighted by molar-refractivity contribution is 7.98. The Hall–Kier alpha value is -2.84. The summed E-state index contributed by atoms with van der Waals surface area (Å²) in [4.78, 5) is 8.88. The predicted molar refractivity (Wildman–Crippen MR) is 101 cm³/mol. The molecule has 1 aromatic heterocycles. The number of rotatable bonds is 5. The maximum atomic E-state index is 9.41. The van der Waals surface area contributed by atoms with Gasteiger partial charge in [0.05, 0.1) is 5.69 Å². The molecular weight excluding hydrogens is 328 g/mol. The van der Waals surface area contributed by atoms with Crippen molar-refractivity contribution >= 4 is 17.6 Å². The smallest absolute Gasteiger partial charge is 0.190 e. The number of aromatic nitrogens is 2. The van der Waals surface area contributed by atoms with Crippen molar-refractivity contribution in [3.05, 3.63) is 82.5 Å². The lowest BCUT2D eigenvalue weighted by Gasteiger charge is -2.09. The van der Waals surface area contributed by atoms with Crippen molar-refractivity contribution in [2.24, 2.45) is 0 Å². The second kappa shape index (κ2) is 7.82. The summed E-state index contributed by atoms with van der Waals surface area (Å²) in [6.45, 7) is 2.05. The van der Waals surface area contributed by atoms with Gasteiger partial charge in [0.2, 0.25) is 0 Å². The molecule has 0 saturated carbocycles. The van der Waals surface area contributed by atoms with Gasteiger partial charge in [-0.05, 0) is 18.1 Å². The molecule has 0 amide bonds. The fraction of sp³-hybridized carbons (Fsp3) is 0.150. The standard InChI is InChI=1S/C20H18N4S/c1-14-6-5-9-16(10-14)11-18-17(12-21)19(22)24-20(23-18)25-13-15-7-3-2-4-8-15/h2-10H,11,13H2,1H3,(H2,22,23,24). The summed E-state index contributed by atoms with van der Waals surface area (Å²) in [7, 11) is 0. The van der Waals surface area contributed by atoms with Crippen LogP contribution in [0.4, 0.5) is 5.82 Å². The van der Waals surface area contributed by atoms with E-state index in [1.807, 2.05) is 43.3 Å². The van der Waals surface area contributed by atoms with Crippen LogP contribution in [0.2, 0.25) is 0 Å². The van der Waals surface area contributed by atoms with E-state index in [0.29, 0.717) is 22.8 Å². The van der Waals surface area contributed by atoms with Crippen molar-refractivity contribution < 1.29 is 0 Å². The number of nitrogen functional groups attached to an aromatic ring is 1. The highest BCUT2D eigenvalue weighted by atomic mass is 32.2. The van der Waals surface area contributed by atoms with Crippen LogP contribution < -0.4 is 5.73 Å². The molecule has 0 aliphatic carbocycles. The summed E-state index contributed by atoms with van der Waals surface area (Å²) >= 11 is 1.52. The van der Waals surface area contributed by atoms with E-state index in [2.05, 4.69) is 34.2 Å². The van der Waals surface area contributed by atoms with Crippen LogP contribution in [0, 0.1) is 18.3 Å². The number of hydrogen-bond acceptors (Lipinski definition) is 5. The Kier molecular flexibility index (Phi) is 5.32. The summed E-state index contributed by atoms with van der Waals surface area (Å²) in [5, 5.41) is 10.0. The highest BCUT2D eigenvalue weighted by Gasteiger charge is 2.13. The van der Waals surface area contributed by atoms with E-state index in [1.54, 1.807) is 0 Å². The molecule has 25 heavy (non-hydrogen) atoms. The number of nitriles is 1. The van der Waals surface area contributed by atoms with E-state index < -0.39 is 0 Å². The minimum atomic E-state index is 0.246. The summed E-state index contributed by atoms with van der Waals surface area (Å²) in [5.74, 6) is 1.01.